The van der Waals surface area contributed by atoms with Crippen molar-refractivity contribution in [3.05, 3.63) is 24.3 Å². The molecule has 1 unspecified atom stereocenters. The summed E-state index contributed by atoms with van der Waals surface area (Å²) in [5, 5.41) is 0.910. The molecule has 1 aliphatic heterocycles. The fourth-order valence-electron chi connectivity index (χ4n) is 1.44. The number of rotatable bonds is 3. The van der Waals surface area contributed by atoms with E-state index in [1.165, 1.54) is 0 Å². The van der Waals surface area contributed by atoms with E-state index in [0.717, 1.165) is 24.8 Å². The van der Waals surface area contributed by atoms with Gasteiger partial charge in [0, 0.05) is 18.4 Å². The molecule has 1 atom stereocenters. The SMILES string of the molecule is CC1C=CCN(C(=O)C=CCCBr)C1. The van der Waals surface area contributed by atoms with E-state index in [-0.39, 0.29) is 5.91 Å². The molecule has 0 radical (unpaired) electrons. The summed E-state index contributed by atoms with van der Waals surface area (Å²) in [6, 6.07) is 0. The van der Waals surface area contributed by atoms with E-state index in [9.17, 15) is 4.79 Å². The molecule has 2 nitrogen and oxygen atoms in total. The standard InChI is InChI=1S/C11H16BrNO/c1-10-5-4-8-13(9-10)11(14)6-2-3-7-12/h2,4-6,10H,3,7-9H2,1H3. The summed E-state index contributed by atoms with van der Waals surface area (Å²) in [7, 11) is 0. The zero-order valence-corrected chi connectivity index (χ0v) is 10.0. The number of halogens is 1. The molecule has 1 rings (SSSR count). The molecule has 0 aliphatic carbocycles. The number of hydrogen-bond donors (Lipinski definition) is 0. The maximum atomic E-state index is 11.6. The largest absolute Gasteiger partial charge is 0.335 e. The van der Waals surface area contributed by atoms with Crippen molar-refractivity contribution in [2.45, 2.75) is 13.3 Å². The summed E-state index contributed by atoms with van der Waals surface area (Å²) in [4.78, 5) is 13.5. The third-order valence-electron chi connectivity index (χ3n) is 2.15. The predicted octanol–water partition coefficient (Wildman–Crippen LogP) is 2.36. The van der Waals surface area contributed by atoms with Gasteiger partial charge in [0.05, 0.1) is 0 Å². The fourth-order valence-corrected chi connectivity index (χ4v) is 1.70. The zero-order chi connectivity index (χ0) is 10.4. The normalized spacial score (nSPS) is 21.9. The molecular weight excluding hydrogens is 242 g/mol. The Kier molecular flexibility index (Phi) is 4.94. The molecular formula is C11H16BrNO. The van der Waals surface area contributed by atoms with Gasteiger partial charge in [0.2, 0.25) is 5.91 Å². The van der Waals surface area contributed by atoms with Crippen LogP contribution in [0.15, 0.2) is 24.3 Å². The van der Waals surface area contributed by atoms with Crippen LogP contribution >= 0.6 is 15.9 Å². The maximum absolute atomic E-state index is 11.6. The maximum Gasteiger partial charge on any atom is 0.246 e. The molecule has 1 aliphatic rings. The lowest BCUT2D eigenvalue weighted by molar-refractivity contribution is -0.126. The Hall–Kier alpha value is -0.570. The van der Waals surface area contributed by atoms with E-state index < -0.39 is 0 Å². The highest BCUT2D eigenvalue weighted by molar-refractivity contribution is 9.09. The number of hydrogen-bond acceptors (Lipinski definition) is 1. The molecule has 78 valence electrons. The van der Waals surface area contributed by atoms with Crippen molar-refractivity contribution < 1.29 is 4.79 Å². The van der Waals surface area contributed by atoms with Gasteiger partial charge in [-0.25, -0.2) is 0 Å². The number of allylic oxidation sites excluding steroid dienone is 1. The van der Waals surface area contributed by atoms with Gasteiger partial charge in [-0.2, -0.15) is 0 Å². The van der Waals surface area contributed by atoms with Crippen molar-refractivity contribution in [3.63, 3.8) is 0 Å². The first-order chi connectivity index (χ1) is 6.74. The Morgan fingerprint density at radius 1 is 1.71 bits per heavy atom. The topological polar surface area (TPSA) is 20.3 Å². The first-order valence-electron chi connectivity index (χ1n) is 4.92. The van der Waals surface area contributed by atoms with E-state index >= 15 is 0 Å². The molecule has 0 aromatic rings. The van der Waals surface area contributed by atoms with Crippen molar-refractivity contribution in [1.82, 2.24) is 4.90 Å². The van der Waals surface area contributed by atoms with E-state index in [1.807, 2.05) is 11.0 Å². The second kappa shape index (κ2) is 6.02. The minimum atomic E-state index is 0.127. The van der Waals surface area contributed by atoms with Crippen molar-refractivity contribution in [3.8, 4) is 0 Å². The summed E-state index contributed by atoms with van der Waals surface area (Å²) in [6.45, 7) is 3.72. The quantitative estimate of drug-likeness (QED) is 0.432. The smallest absolute Gasteiger partial charge is 0.246 e. The molecule has 0 fully saturated rings. The Balaban J connectivity index is 2.41. The molecule has 3 heteroatoms. The lowest BCUT2D eigenvalue weighted by atomic mass is 10.1. The van der Waals surface area contributed by atoms with E-state index in [2.05, 4.69) is 35.0 Å². The molecule has 0 spiro atoms. The van der Waals surface area contributed by atoms with Crippen LogP contribution in [-0.4, -0.2) is 29.2 Å². The van der Waals surface area contributed by atoms with Crippen LogP contribution in [0.1, 0.15) is 13.3 Å². The minimum Gasteiger partial charge on any atom is -0.335 e. The third kappa shape index (κ3) is 3.66. The fraction of sp³-hybridized carbons (Fsp3) is 0.545. The molecule has 0 saturated heterocycles. The molecule has 1 amide bonds. The first-order valence-corrected chi connectivity index (χ1v) is 6.04. The predicted molar refractivity (Wildman–Crippen MR) is 62.4 cm³/mol. The van der Waals surface area contributed by atoms with Crippen LogP contribution in [0.2, 0.25) is 0 Å². The minimum absolute atomic E-state index is 0.127. The summed E-state index contributed by atoms with van der Waals surface area (Å²) in [6.07, 6.45) is 8.72. The van der Waals surface area contributed by atoms with Crippen LogP contribution in [0.4, 0.5) is 0 Å². The number of carbonyl (C=O) groups is 1. The van der Waals surface area contributed by atoms with Crippen LogP contribution in [-0.2, 0) is 4.79 Å². The van der Waals surface area contributed by atoms with Gasteiger partial charge in [0.25, 0.3) is 0 Å². The average molecular weight is 258 g/mol. The zero-order valence-electron chi connectivity index (χ0n) is 8.45. The van der Waals surface area contributed by atoms with E-state index in [4.69, 9.17) is 0 Å². The highest BCUT2D eigenvalue weighted by atomic mass is 79.9. The van der Waals surface area contributed by atoms with Gasteiger partial charge in [-0.15, -0.1) is 0 Å². The first kappa shape index (κ1) is 11.5. The Morgan fingerprint density at radius 3 is 3.14 bits per heavy atom. The number of carbonyl (C=O) groups excluding carboxylic acids is 1. The van der Waals surface area contributed by atoms with Gasteiger partial charge in [0.1, 0.15) is 0 Å². The van der Waals surface area contributed by atoms with Gasteiger partial charge in [-0.3, -0.25) is 4.79 Å². The second-order valence-corrected chi connectivity index (χ2v) is 4.32. The van der Waals surface area contributed by atoms with Crippen LogP contribution in [0.25, 0.3) is 0 Å². The molecule has 0 bridgehead atoms. The Bertz CT molecular complexity index is 248. The van der Waals surface area contributed by atoms with Gasteiger partial charge < -0.3 is 4.90 Å². The van der Waals surface area contributed by atoms with Gasteiger partial charge >= 0.3 is 0 Å². The van der Waals surface area contributed by atoms with Crippen LogP contribution in [0.3, 0.4) is 0 Å². The van der Waals surface area contributed by atoms with Gasteiger partial charge in [-0.1, -0.05) is 41.1 Å². The third-order valence-corrected chi connectivity index (χ3v) is 2.60. The molecule has 0 aromatic carbocycles. The van der Waals surface area contributed by atoms with Crippen molar-refractivity contribution in [2.24, 2.45) is 5.92 Å². The monoisotopic (exact) mass is 257 g/mol. The lowest BCUT2D eigenvalue weighted by Gasteiger charge is -2.25. The second-order valence-electron chi connectivity index (χ2n) is 3.53. The summed E-state index contributed by atoms with van der Waals surface area (Å²) in [5.41, 5.74) is 0. The lowest BCUT2D eigenvalue weighted by Crippen LogP contribution is -2.35. The van der Waals surface area contributed by atoms with Crippen molar-refractivity contribution in [2.75, 3.05) is 18.4 Å². The molecule has 14 heavy (non-hydrogen) atoms. The average Bonchev–Trinajstić information content (AvgIpc) is 2.18. The van der Waals surface area contributed by atoms with Crippen LogP contribution in [0, 0.1) is 5.92 Å². The van der Waals surface area contributed by atoms with Gasteiger partial charge in [-0.05, 0) is 18.4 Å². The highest BCUT2D eigenvalue weighted by Crippen LogP contribution is 2.08. The molecule has 0 aromatic heterocycles. The summed E-state index contributed by atoms with van der Waals surface area (Å²) < 4.78 is 0. The Morgan fingerprint density at radius 2 is 2.50 bits per heavy atom. The van der Waals surface area contributed by atoms with E-state index in [1.54, 1.807) is 6.08 Å². The number of nitrogens with zero attached hydrogens (tertiary/aromatic N) is 1. The van der Waals surface area contributed by atoms with Crippen molar-refractivity contribution in [1.29, 1.82) is 0 Å². The number of alkyl halides is 1. The summed E-state index contributed by atoms with van der Waals surface area (Å²) >= 11 is 3.32. The van der Waals surface area contributed by atoms with E-state index in [0.29, 0.717) is 5.92 Å². The number of amides is 1. The van der Waals surface area contributed by atoms with Crippen molar-refractivity contribution >= 4 is 21.8 Å². The summed E-state index contributed by atoms with van der Waals surface area (Å²) in [5.74, 6) is 0.611. The molecule has 1 heterocycles. The highest BCUT2D eigenvalue weighted by Gasteiger charge is 2.14. The Labute approximate surface area is 93.8 Å². The molecule has 0 N–H and O–H groups in total. The molecule has 0 saturated carbocycles. The van der Waals surface area contributed by atoms with Gasteiger partial charge in [0.15, 0.2) is 0 Å². The van der Waals surface area contributed by atoms with Crippen LogP contribution < -0.4 is 0 Å². The van der Waals surface area contributed by atoms with Crippen LogP contribution in [0.5, 0.6) is 0 Å².